The van der Waals surface area contributed by atoms with E-state index in [1.54, 1.807) is 0 Å². The van der Waals surface area contributed by atoms with Crippen LogP contribution in [0.4, 0.5) is 0 Å². The first kappa shape index (κ1) is 33.0. The molecule has 14 nitrogen and oxygen atoms in total. The van der Waals surface area contributed by atoms with Crippen LogP contribution in [0.15, 0.2) is 42.5 Å². The average molecular weight is 559 g/mol. The van der Waals surface area contributed by atoms with Gasteiger partial charge in [0.05, 0.1) is 16.2 Å². The normalized spacial score (nSPS) is 15.2. The number of rotatable bonds is 3. The van der Waals surface area contributed by atoms with E-state index in [0.717, 1.165) is 44.8 Å². The van der Waals surface area contributed by atoms with Gasteiger partial charge in [-0.1, -0.05) is 42.5 Å². The van der Waals surface area contributed by atoms with Gasteiger partial charge >= 0.3 is 19.5 Å². The van der Waals surface area contributed by atoms with Crippen molar-refractivity contribution in [1.82, 2.24) is 20.9 Å². The number of nitrogens with one attached hydrogen (secondary N) is 3. The van der Waals surface area contributed by atoms with E-state index in [1.165, 1.54) is 10.8 Å². The molecule has 1 atom stereocenters. The van der Waals surface area contributed by atoms with Crippen LogP contribution >= 0.6 is 0 Å². The third-order valence-corrected chi connectivity index (χ3v) is 4.97. The molecule has 1 aliphatic rings. The van der Waals surface area contributed by atoms with Crippen molar-refractivity contribution in [1.29, 1.82) is 0 Å². The van der Waals surface area contributed by atoms with Gasteiger partial charge in [-0.25, -0.2) is 0 Å². The van der Waals surface area contributed by atoms with Crippen molar-refractivity contribution < 1.29 is 34.4 Å². The van der Waals surface area contributed by atoms with Crippen molar-refractivity contribution in [3.63, 3.8) is 0 Å². The van der Waals surface area contributed by atoms with Crippen molar-refractivity contribution in [3.8, 4) is 0 Å². The number of carbonyl (C=O) groups is 1. The zero-order valence-corrected chi connectivity index (χ0v) is 22.9. The van der Waals surface area contributed by atoms with E-state index in [-0.39, 0.29) is 25.4 Å². The van der Waals surface area contributed by atoms with Crippen LogP contribution in [0.25, 0.3) is 10.8 Å². The molecule has 2 aromatic rings. The van der Waals surface area contributed by atoms with Gasteiger partial charge in [-0.2, -0.15) is 0 Å². The van der Waals surface area contributed by atoms with Crippen LogP contribution in [0, 0.1) is 30.6 Å². The first-order valence-corrected chi connectivity index (χ1v) is 11.0. The van der Waals surface area contributed by atoms with E-state index in [4.69, 9.17) is 36.4 Å². The fraction of sp³-hybridized carbons (Fsp3) is 0.476. The molecule has 1 fully saturated rings. The van der Waals surface area contributed by atoms with Crippen molar-refractivity contribution in [3.05, 3.63) is 78.7 Å². The molecule has 5 N–H and O–H groups in total. The van der Waals surface area contributed by atoms with E-state index in [2.05, 4.69) is 46.3 Å². The minimum absolute atomic E-state index is 0. The van der Waals surface area contributed by atoms with Crippen LogP contribution < -0.4 is 21.7 Å². The van der Waals surface area contributed by atoms with Crippen LogP contribution in [0.2, 0.25) is 0 Å². The van der Waals surface area contributed by atoms with E-state index in [9.17, 15) is 4.79 Å². The summed E-state index contributed by atoms with van der Waals surface area (Å²) < 4.78 is 0. The Bertz CT molecular complexity index is 906. The standard InChI is InChI=1S/C21H31N5O.2NO3.Zn/c22-20(16-17-5-6-18-3-1-2-4-19(18)15-17)21(27)26-13-11-24-9-7-23-8-10-25-12-14-26;2*2-1(3)4;/h1-6,15,20,23-25H,7-14,16,22H2;;;/q;2*-1;+2/t20-;;;/m0.../s1. The topological polar surface area (TPSA) is 215 Å². The van der Waals surface area contributed by atoms with E-state index < -0.39 is 16.2 Å². The molecule has 0 saturated carbocycles. The number of hydrogen-bond acceptors (Lipinski definition) is 11. The summed E-state index contributed by atoms with van der Waals surface area (Å²) in [4.78, 5) is 31.3. The number of benzene rings is 2. The molecule has 36 heavy (non-hydrogen) atoms. The fourth-order valence-electron chi connectivity index (χ4n) is 3.43. The monoisotopic (exact) mass is 557 g/mol. The summed E-state index contributed by atoms with van der Waals surface area (Å²) >= 11 is 0. The maximum absolute atomic E-state index is 12.9. The van der Waals surface area contributed by atoms with Gasteiger partial charge < -0.3 is 57.2 Å². The molecule has 15 heteroatoms. The Morgan fingerprint density at radius 1 is 0.833 bits per heavy atom. The minimum atomic E-state index is -1.75. The second-order valence-electron chi connectivity index (χ2n) is 7.51. The van der Waals surface area contributed by atoms with Crippen molar-refractivity contribution in [2.75, 3.05) is 52.4 Å². The van der Waals surface area contributed by atoms with Gasteiger partial charge in [0.1, 0.15) is 0 Å². The molecule has 1 heterocycles. The summed E-state index contributed by atoms with van der Waals surface area (Å²) in [6.45, 7) is 6.65. The largest absolute Gasteiger partial charge is 2.00 e. The Morgan fingerprint density at radius 2 is 1.28 bits per heavy atom. The quantitative estimate of drug-likeness (QED) is 0.220. The predicted molar refractivity (Wildman–Crippen MR) is 132 cm³/mol. The molecule has 0 radical (unpaired) electrons. The Hall–Kier alpha value is -2.97. The maximum Gasteiger partial charge on any atom is 2.00 e. The SMILES string of the molecule is N[C@@H](Cc1ccc2ccccc2c1)C(=O)N1CCNCCNCCNCC1.O=[N+]([O-])[O-].O=[N+]([O-])[O-].[Zn+2]. The van der Waals surface area contributed by atoms with E-state index in [1.807, 2.05) is 17.0 Å². The maximum atomic E-state index is 12.9. The Kier molecular flexibility index (Phi) is 17.7. The number of hydrogen-bond donors (Lipinski definition) is 4. The average Bonchev–Trinajstić information content (AvgIpc) is 2.78. The molecule has 3 rings (SSSR count). The van der Waals surface area contributed by atoms with Gasteiger partial charge in [-0.3, -0.25) is 4.79 Å². The molecular weight excluding hydrogens is 528 g/mol. The molecule has 194 valence electrons. The summed E-state index contributed by atoms with van der Waals surface area (Å²) in [5.74, 6) is 0.0296. The molecule has 1 saturated heterocycles. The van der Waals surface area contributed by atoms with E-state index in [0.29, 0.717) is 19.5 Å². The first-order chi connectivity index (χ1) is 16.7. The third kappa shape index (κ3) is 15.1. The van der Waals surface area contributed by atoms with Gasteiger partial charge in [0.25, 0.3) is 0 Å². The van der Waals surface area contributed by atoms with Crippen LogP contribution in [-0.2, 0) is 30.7 Å². The Labute approximate surface area is 221 Å². The fourth-order valence-corrected chi connectivity index (χ4v) is 3.43. The molecule has 0 unspecified atom stereocenters. The molecule has 0 aromatic heterocycles. The molecule has 1 amide bonds. The van der Waals surface area contributed by atoms with Crippen LogP contribution in [-0.4, -0.2) is 79.4 Å². The molecule has 2 aromatic carbocycles. The minimum Gasteiger partial charge on any atom is -0.356 e. The van der Waals surface area contributed by atoms with Crippen LogP contribution in [0.3, 0.4) is 0 Å². The van der Waals surface area contributed by atoms with Crippen LogP contribution in [0.1, 0.15) is 5.56 Å². The first-order valence-electron chi connectivity index (χ1n) is 11.0. The molecule has 0 bridgehead atoms. The molecule has 1 aliphatic heterocycles. The predicted octanol–water partition coefficient (Wildman–Crippen LogP) is -0.160. The van der Waals surface area contributed by atoms with Gasteiger partial charge in [0.2, 0.25) is 5.91 Å². The number of nitrogens with two attached hydrogens (primary N) is 1. The molecule has 0 spiro atoms. The third-order valence-electron chi connectivity index (χ3n) is 4.97. The van der Waals surface area contributed by atoms with Gasteiger partial charge in [0, 0.05) is 52.4 Å². The number of carbonyl (C=O) groups excluding carboxylic acids is 1. The summed E-state index contributed by atoms with van der Waals surface area (Å²) in [7, 11) is 0. The second kappa shape index (κ2) is 19.2. The zero-order valence-electron chi connectivity index (χ0n) is 20.0. The molecule has 0 aliphatic carbocycles. The van der Waals surface area contributed by atoms with Gasteiger partial charge in [-0.15, -0.1) is 0 Å². The summed E-state index contributed by atoms with van der Waals surface area (Å²) in [5.41, 5.74) is 7.40. The number of nitrogens with zero attached hydrogens (tertiary/aromatic N) is 3. The van der Waals surface area contributed by atoms with E-state index >= 15 is 0 Å². The Morgan fingerprint density at radius 3 is 1.78 bits per heavy atom. The van der Waals surface area contributed by atoms with Crippen molar-refractivity contribution >= 4 is 16.7 Å². The van der Waals surface area contributed by atoms with Gasteiger partial charge in [0.15, 0.2) is 0 Å². The second-order valence-corrected chi connectivity index (χ2v) is 7.51. The summed E-state index contributed by atoms with van der Waals surface area (Å²) in [6.07, 6.45) is 0.560. The van der Waals surface area contributed by atoms with Crippen molar-refractivity contribution in [2.45, 2.75) is 12.5 Å². The smallest absolute Gasteiger partial charge is 0.356 e. The summed E-state index contributed by atoms with van der Waals surface area (Å²) in [6, 6.07) is 14.0. The Balaban J connectivity index is 0.00000119. The summed E-state index contributed by atoms with van der Waals surface area (Å²) in [5, 5.41) is 42.0. The van der Waals surface area contributed by atoms with Crippen LogP contribution in [0.5, 0.6) is 0 Å². The van der Waals surface area contributed by atoms with Gasteiger partial charge in [-0.05, 0) is 22.8 Å². The molecular formula is C21H31N7O7Zn. The number of amides is 1. The zero-order chi connectivity index (χ0) is 26.1. The number of fused-ring (bicyclic) bond motifs is 1. The van der Waals surface area contributed by atoms with Crippen molar-refractivity contribution in [2.24, 2.45) is 5.73 Å².